The Morgan fingerprint density at radius 1 is 1.12 bits per heavy atom. The summed E-state index contributed by atoms with van der Waals surface area (Å²) in [6, 6.07) is 8.26. The molecule has 0 unspecified atom stereocenters. The summed E-state index contributed by atoms with van der Waals surface area (Å²) in [5.74, 6) is 0.101. The Labute approximate surface area is 154 Å². The van der Waals surface area contributed by atoms with Crippen LogP contribution in [-0.4, -0.2) is 46.8 Å². The van der Waals surface area contributed by atoms with E-state index in [9.17, 15) is 4.79 Å². The van der Waals surface area contributed by atoms with Crippen LogP contribution in [0.5, 0.6) is 0 Å². The molecule has 2 heterocycles. The Morgan fingerprint density at radius 2 is 1.96 bits per heavy atom. The van der Waals surface area contributed by atoms with Gasteiger partial charge in [-0.2, -0.15) is 5.10 Å². The van der Waals surface area contributed by atoms with Gasteiger partial charge in [0.15, 0.2) is 5.69 Å². The van der Waals surface area contributed by atoms with Crippen LogP contribution >= 0.6 is 12.4 Å². The SMILES string of the molecule is Cc1ccccc1-n1nc(C(=O)N2CCCNCC2)c2c1CCC2.Cl. The van der Waals surface area contributed by atoms with Gasteiger partial charge in [-0.15, -0.1) is 12.4 Å². The predicted octanol–water partition coefficient (Wildman–Crippen LogP) is 2.53. The van der Waals surface area contributed by atoms with E-state index in [0.29, 0.717) is 5.69 Å². The number of carbonyl (C=O) groups is 1. The first-order valence-electron chi connectivity index (χ1n) is 8.92. The molecule has 1 aliphatic carbocycles. The van der Waals surface area contributed by atoms with Crippen molar-refractivity contribution in [3.8, 4) is 5.69 Å². The lowest BCUT2D eigenvalue weighted by Crippen LogP contribution is -2.35. The molecule has 25 heavy (non-hydrogen) atoms. The smallest absolute Gasteiger partial charge is 0.274 e. The van der Waals surface area contributed by atoms with Crippen molar-refractivity contribution in [2.75, 3.05) is 26.2 Å². The molecular weight excluding hydrogens is 336 g/mol. The van der Waals surface area contributed by atoms with Gasteiger partial charge in [-0.05, 0) is 50.8 Å². The zero-order valence-electron chi connectivity index (χ0n) is 14.6. The largest absolute Gasteiger partial charge is 0.336 e. The number of nitrogens with one attached hydrogen (secondary N) is 1. The number of nitrogens with zero attached hydrogens (tertiary/aromatic N) is 3. The van der Waals surface area contributed by atoms with Crippen LogP contribution in [0.15, 0.2) is 24.3 Å². The minimum atomic E-state index is 0. The van der Waals surface area contributed by atoms with Crippen LogP contribution in [0, 0.1) is 6.92 Å². The van der Waals surface area contributed by atoms with Gasteiger partial charge in [0.2, 0.25) is 0 Å². The van der Waals surface area contributed by atoms with Crippen molar-refractivity contribution in [3.63, 3.8) is 0 Å². The molecule has 0 atom stereocenters. The van der Waals surface area contributed by atoms with E-state index in [0.717, 1.165) is 57.5 Å². The summed E-state index contributed by atoms with van der Waals surface area (Å²) in [6.45, 7) is 5.54. The van der Waals surface area contributed by atoms with E-state index in [2.05, 4.69) is 24.4 Å². The maximum Gasteiger partial charge on any atom is 0.274 e. The number of halogens is 1. The third-order valence-corrected chi connectivity index (χ3v) is 5.10. The summed E-state index contributed by atoms with van der Waals surface area (Å²) < 4.78 is 2.01. The van der Waals surface area contributed by atoms with E-state index < -0.39 is 0 Å². The van der Waals surface area contributed by atoms with E-state index in [1.54, 1.807) is 0 Å². The van der Waals surface area contributed by atoms with Gasteiger partial charge in [-0.3, -0.25) is 4.79 Å². The average Bonchev–Trinajstić information content (AvgIpc) is 3.08. The Balaban J connectivity index is 0.00000182. The lowest BCUT2D eigenvalue weighted by atomic mass is 10.1. The Morgan fingerprint density at radius 3 is 2.80 bits per heavy atom. The second-order valence-electron chi connectivity index (χ2n) is 6.72. The Bertz CT molecular complexity index is 763. The fraction of sp³-hybridized carbons (Fsp3) is 0.474. The molecule has 1 aromatic carbocycles. The molecule has 5 nitrogen and oxygen atoms in total. The quantitative estimate of drug-likeness (QED) is 0.895. The standard InChI is InChI=1S/C19H24N4O.ClH/c1-14-6-2-3-8-16(14)23-17-9-4-7-15(17)18(21-23)19(24)22-12-5-10-20-11-13-22;/h2-3,6,8,20H,4-5,7,9-13H2,1H3;1H. The number of carbonyl (C=O) groups excluding carboxylic acids is 1. The predicted molar refractivity (Wildman–Crippen MR) is 101 cm³/mol. The van der Waals surface area contributed by atoms with Crippen molar-refractivity contribution in [1.29, 1.82) is 0 Å². The first kappa shape index (κ1) is 18.0. The number of aryl methyl sites for hydroxylation is 1. The second kappa shape index (κ2) is 7.58. The molecule has 1 aliphatic heterocycles. The molecule has 1 saturated heterocycles. The summed E-state index contributed by atoms with van der Waals surface area (Å²) in [5, 5.41) is 8.13. The summed E-state index contributed by atoms with van der Waals surface area (Å²) in [7, 11) is 0. The lowest BCUT2D eigenvalue weighted by molar-refractivity contribution is 0.0759. The van der Waals surface area contributed by atoms with Crippen molar-refractivity contribution >= 4 is 18.3 Å². The number of amides is 1. The third kappa shape index (κ3) is 3.31. The molecule has 134 valence electrons. The van der Waals surface area contributed by atoms with Crippen molar-refractivity contribution in [1.82, 2.24) is 20.0 Å². The van der Waals surface area contributed by atoms with Gasteiger partial charge in [-0.1, -0.05) is 18.2 Å². The summed E-state index contributed by atoms with van der Waals surface area (Å²) >= 11 is 0. The number of hydrogen-bond donors (Lipinski definition) is 1. The molecule has 6 heteroatoms. The van der Waals surface area contributed by atoms with Gasteiger partial charge in [0.25, 0.3) is 5.91 Å². The van der Waals surface area contributed by atoms with Crippen molar-refractivity contribution in [2.24, 2.45) is 0 Å². The Hall–Kier alpha value is -1.85. The summed E-state index contributed by atoms with van der Waals surface area (Å²) in [5.41, 5.74) is 5.34. The van der Waals surface area contributed by atoms with Crippen LogP contribution in [0.25, 0.3) is 5.69 Å². The number of aromatic nitrogens is 2. The zero-order valence-corrected chi connectivity index (χ0v) is 15.4. The molecule has 2 aromatic rings. The highest BCUT2D eigenvalue weighted by atomic mass is 35.5. The van der Waals surface area contributed by atoms with Gasteiger partial charge >= 0.3 is 0 Å². The fourth-order valence-corrected chi connectivity index (χ4v) is 3.81. The first-order valence-corrected chi connectivity index (χ1v) is 8.92. The van der Waals surface area contributed by atoms with E-state index in [4.69, 9.17) is 5.10 Å². The molecule has 4 rings (SSSR count). The van der Waals surface area contributed by atoms with Crippen LogP contribution in [0.3, 0.4) is 0 Å². The molecule has 1 aromatic heterocycles. The van der Waals surface area contributed by atoms with E-state index >= 15 is 0 Å². The average molecular weight is 361 g/mol. The molecular formula is C19H25ClN4O. The van der Waals surface area contributed by atoms with Gasteiger partial charge in [0, 0.05) is 30.9 Å². The van der Waals surface area contributed by atoms with E-state index in [1.165, 1.54) is 16.8 Å². The maximum absolute atomic E-state index is 13.1. The normalized spacial score (nSPS) is 16.9. The van der Waals surface area contributed by atoms with Gasteiger partial charge in [0.05, 0.1) is 5.69 Å². The van der Waals surface area contributed by atoms with Crippen LogP contribution < -0.4 is 5.32 Å². The van der Waals surface area contributed by atoms with Gasteiger partial charge in [-0.25, -0.2) is 4.68 Å². The minimum absolute atomic E-state index is 0. The number of fused-ring (bicyclic) bond motifs is 1. The molecule has 2 aliphatic rings. The number of hydrogen-bond acceptors (Lipinski definition) is 3. The van der Waals surface area contributed by atoms with Crippen molar-refractivity contribution in [2.45, 2.75) is 32.6 Å². The van der Waals surface area contributed by atoms with Gasteiger partial charge < -0.3 is 10.2 Å². The molecule has 1 amide bonds. The number of benzene rings is 1. The first-order chi connectivity index (χ1) is 11.8. The third-order valence-electron chi connectivity index (χ3n) is 5.10. The van der Waals surface area contributed by atoms with Gasteiger partial charge in [0.1, 0.15) is 0 Å². The van der Waals surface area contributed by atoms with Crippen LogP contribution in [0.1, 0.15) is 40.2 Å². The number of rotatable bonds is 2. The number of para-hydroxylation sites is 1. The molecule has 0 bridgehead atoms. The monoisotopic (exact) mass is 360 g/mol. The minimum Gasteiger partial charge on any atom is -0.336 e. The Kier molecular flexibility index (Phi) is 5.45. The summed E-state index contributed by atoms with van der Waals surface area (Å²) in [4.78, 5) is 15.0. The van der Waals surface area contributed by atoms with Crippen LogP contribution in [-0.2, 0) is 12.8 Å². The van der Waals surface area contributed by atoms with Crippen LogP contribution in [0.4, 0.5) is 0 Å². The topological polar surface area (TPSA) is 50.2 Å². The highest BCUT2D eigenvalue weighted by molar-refractivity contribution is 5.94. The lowest BCUT2D eigenvalue weighted by Gasteiger charge is -2.19. The maximum atomic E-state index is 13.1. The highest BCUT2D eigenvalue weighted by Crippen LogP contribution is 2.29. The van der Waals surface area contributed by atoms with E-state index in [-0.39, 0.29) is 18.3 Å². The van der Waals surface area contributed by atoms with Crippen molar-refractivity contribution in [3.05, 3.63) is 46.8 Å². The second-order valence-corrected chi connectivity index (χ2v) is 6.72. The van der Waals surface area contributed by atoms with Crippen molar-refractivity contribution < 1.29 is 4.79 Å². The molecule has 0 radical (unpaired) electrons. The summed E-state index contributed by atoms with van der Waals surface area (Å²) in [6.07, 6.45) is 4.09. The zero-order chi connectivity index (χ0) is 16.5. The van der Waals surface area contributed by atoms with Crippen LogP contribution in [0.2, 0.25) is 0 Å². The molecule has 0 spiro atoms. The highest BCUT2D eigenvalue weighted by Gasteiger charge is 2.30. The fourth-order valence-electron chi connectivity index (χ4n) is 3.81. The van der Waals surface area contributed by atoms with E-state index in [1.807, 2.05) is 21.7 Å². The molecule has 1 fully saturated rings. The molecule has 0 saturated carbocycles. The molecule has 1 N–H and O–H groups in total.